The zero-order chi connectivity index (χ0) is 17.7. The molecule has 2 aromatic rings. The number of rotatable bonds is 11. The maximum absolute atomic E-state index is 10.9. The van der Waals surface area contributed by atoms with Gasteiger partial charge in [-0.3, -0.25) is 4.79 Å². The second kappa shape index (κ2) is 11.6. The van der Waals surface area contributed by atoms with Crippen molar-refractivity contribution in [1.82, 2.24) is 0 Å². The molecule has 0 bridgehead atoms. The molecule has 25 heavy (non-hydrogen) atoms. The van der Waals surface area contributed by atoms with E-state index < -0.39 is 12.2 Å². The van der Waals surface area contributed by atoms with Crippen molar-refractivity contribution in [3.8, 4) is 0 Å². The summed E-state index contributed by atoms with van der Waals surface area (Å²) in [6.07, 6.45) is 0.850. The van der Waals surface area contributed by atoms with Gasteiger partial charge in [0.05, 0.1) is 19.8 Å². The van der Waals surface area contributed by atoms with Crippen molar-refractivity contribution in [3.05, 3.63) is 82.9 Å². The average molecular weight is 405 g/mol. The minimum absolute atomic E-state index is 0.241. The molecule has 0 radical (unpaired) electrons. The Hall–Kier alpha value is -1.95. The summed E-state index contributed by atoms with van der Waals surface area (Å²) in [6.45, 7) is 1.53. The first kappa shape index (κ1) is 19.4. The molecule has 2 aromatic carbocycles. The predicted octanol–water partition coefficient (Wildman–Crippen LogP) is 4.24. The summed E-state index contributed by atoms with van der Waals surface area (Å²) in [4.78, 5) is 12.6. The summed E-state index contributed by atoms with van der Waals surface area (Å²) in [5, 5.41) is 0. The van der Waals surface area contributed by atoms with Gasteiger partial charge in [0.2, 0.25) is 0 Å². The predicted molar refractivity (Wildman–Crippen MR) is 100 cm³/mol. The van der Waals surface area contributed by atoms with E-state index in [-0.39, 0.29) is 6.61 Å². The molecule has 132 valence electrons. The van der Waals surface area contributed by atoms with Crippen LogP contribution < -0.4 is 0 Å². The Morgan fingerprint density at radius 3 is 2.08 bits per heavy atom. The Kier molecular flexibility index (Phi) is 8.97. The molecule has 0 aliphatic heterocycles. The highest BCUT2D eigenvalue weighted by Gasteiger charge is 2.22. The molecule has 0 fully saturated rings. The highest BCUT2D eigenvalue weighted by atomic mass is 79.9. The largest absolute Gasteiger partial charge is 0.459 e. The van der Waals surface area contributed by atoms with E-state index in [9.17, 15) is 4.79 Å². The molecular formula is C20H21BrO4. The molecule has 0 heterocycles. The van der Waals surface area contributed by atoms with Crippen LogP contribution in [0.15, 0.2) is 71.7 Å². The summed E-state index contributed by atoms with van der Waals surface area (Å²) >= 11 is 3.26. The van der Waals surface area contributed by atoms with Gasteiger partial charge in [-0.25, -0.2) is 0 Å². The first-order valence-electron chi connectivity index (χ1n) is 7.96. The van der Waals surface area contributed by atoms with Crippen LogP contribution in [0.2, 0.25) is 0 Å². The number of carbonyl (C=O) groups is 1. The summed E-state index contributed by atoms with van der Waals surface area (Å²) in [7, 11) is 0. The number of ether oxygens (including phenoxy) is 3. The molecular weight excluding hydrogens is 384 g/mol. The van der Waals surface area contributed by atoms with E-state index in [1.807, 2.05) is 60.7 Å². The van der Waals surface area contributed by atoms with Gasteiger partial charge in [-0.2, -0.15) is 0 Å². The number of halogens is 1. The van der Waals surface area contributed by atoms with E-state index in [1.165, 1.54) is 0 Å². The molecule has 0 aliphatic carbocycles. The van der Waals surface area contributed by atoms with Crippen molar-refractivity contribution in [2.24, 2.45) is 0 Å². The smallest absolute Gasteiger partial charge is 0.293 e. The minimum Gasteiger partial charge on any atom is -0.459 e. The normalized spacial score (nSPS) is 13.5. The van der Waals surface area contributed by atoms with Crippen LogP contribution in [-0.4, -0.2) is 25.3 Å². The number of benzene rings is 2. The van der Waals surface area contributed by atoms with Gasteiger partial charge in [0, 0.05) is 0 Å². The lowest BCUT2D eigenvalue weighted by Crippen LogP contribution is -2.34. The van der Waals surface area contributed by atoms with Crippen molar-refractivity contribution in [2.75, 3.05) is 6.61 Å². The third-order valence-electron chi connectivity index (χ3n) is 3.54. The highest BCUT2D eigenvalue weighted by Crippen LogP contribution is 2.12. The van der Waals surface area contributed by atoms with E-state index in [1.54, 1.807) is 11.1 Å². The Labute approximate surface area is 156 Å². The Morgan fingerprint density at radius 1 is 0.920 bits per heavy atom. The fourth-order valence-corrected chi connectivity index (χ4v) is 2.58. The zero-order valence-corrected chi connectivity index (χ0v) is 15.4. The van der Waals surface area contributed by atoms with Crippen LogP contribution in [0.25, 0.3) is 0 Å². The molecule has 0 saturated carbocycles. The Bertz CT molecular complexity index is 631. The minimum atomic E-state index is -0.529. The third-order valence-corrected chi connectivity index (χ3v) is 3.84. The molecule has 0 amide bonds. The van der Waals surface area contributed by atoms with E-state index in [4.69, 9.17) is 14.2 Å². The molecule has 0 N–H and O–H groups in total. The van der Waals surface area contributed by atoms with Crippen LogP contribution in [0.5, 0.6) is 0 Å². The van der Waals surface area contributed by atoms with Crippen LogP contribution >= 0.6 is 15.9 Å². The summed E-state index contributed by atoms with van der Waals surface area (Å²) < 4.78 is 16.8. The molecule has 2 atom stereocenters. The summed E-state index contributed by atoms with van der Waals surface area (Å²) in [5.41, 5.74) is 2.11. The topological polar surface area (TPSA) is 44.8 Å². The van der Waals surface area contributed by atoms with Gasteiger partial charge >= 0.3 is 0 Å². The number of hydrogen-bond donors (Lipinski definition) is 0. The van der Waals surface area contributed by atoms with Gasteiger partial charge < -0.3 is 14.2 Å². The first-order valence-corrected chi connectivity index (χ1v) is 8.88. The molecule has 0 unspecified atom stereocenters. The molecule has 2 rings (SSSR count). The van der Waals surface area contributed by atoms with Gasteiger partial charge in [0.15, 0.2) is 6.10 Å². The van der Waals surface area contributed by atoms with Gasteiger partial charge in [-0.15, -0.1) is 0 Å². The summed E-state index contributed by atoms with van der Waals surface area (Å²) in [6, 6.07) is 19.7. The molecule has 4 nitrogen and oxygen atoms in total. The molecule has 0 spiro atoms. The van der Waals surface area contributed by atoms with Crippen LogP contribution in [-0.2, 0) is 32.2 Å². The van der Waals surface area contributed by atoms with E-state index >= 15 is 0 Å². The summed E-state index contributed by atoms with van der Waals surface area (Å²) in [5.74, 6) is 0. The van der Waals surface area contributed by atoms with Crippen molar-refractivity contribution in [3.63, 3.8) is 0 Å². The van der Waals surface area contributed by atoms with Crippen LogP contribution in [0.1, 0.15) is 11.1 Å². The van der Waals surface area contributed by atoms with Crippen molar-refractivity contribution >= 4 is 22.4 Å². The van der Waals surface area contributed by atoms with Crippen molar-refractivity contribution < 1.29 is 19.0 Å². The SMILES string of the molecule is O=CO[C@H](COCc1ccccc1)[C@H](/C=C/Br)OCc1ccccc1. The fraction of sp³-hybridized carbons (Fsp3) is 0.250. The van der Waals surface area contributed by atoms with E-state index in [2.05, 4.69) is 15.9 Å². The lowest BCUT2D eigenvalue weighted by atomic mass is 10.2. The number of carbonyl (C=O) groups excluding carboxylic acids is 1. The standard InChI is InChI=1S/C20H21BrO4/c21-12-11-19(24-14-18-9-5-2-6-10-18)20(25-16-22)15-23-13-17-7-3-1-4-8-17/h1-12,16,19-20H,13-15H2/b12-11+/t19-,20+/m0/s1. The monoisotopic (exact) mass is 404 g/mol. The van der Waals surface area contributed by atoms with Crippen LogP contribution in [0.3, 0.4) is 0 Å². The zero-order valence-electron chi connectivity index (χ0n) is 13.8. The van der Waals surface area contributed by atoms with Gasteiger partial charge in [-0.05, 0) is 22.2 Å². The van der Waals surface area contributed by atoms with Crippen LogP contribution in [0, 0.1) is 0 Å². The van der Waals surface area contributed by atoms with E-state index in [0.717, 1.165) is 11.1 Å². The van der Waals surface area contributed by atoms with Gasteiger partial charge in [0.1, 0.15) is 6.10 Å². The molecule has 5 heteroatoms. The number of hydrogen-bond acceptors (Lipinski definition) is 4. The quantitative estimate of drug-likeness (QED) is 0.525. The second-order valence-corrected chi connectivity index (χ2v) is 5.88. The third kappa shape index (κ3) is 7.22. The lowest BCUT2D eigenvalue weighted by molar-refractivity contribution is -0.146. The molecule has 0 aromatic heterocycles. The molecule has 0 saturated heterocycles. The maximum Gasteiger partial charge on any atom is 0.293 e. The Balaban J connectivity index is 1.91. The first-order chi connectivity index (χ1) is 12.3. The maximum atomic E-state index is 10.9. The molecule has 0 aliphatic rings. The lowest BCUT2D eigenvalue weighted by Gasteiger charge is -2.23. The average Bonchev–Trinajstić information content (AvgIpc) is 2.66. The van der Waals surface area contributed by atoms with Gasteiger partial charge in [-0.1, -0.05) is 76.6 Å². The Morgan fingerprint density at radius 2 is 1.52 bits per heavy atom. The highest BCUT2D eigenvalue weighted by molar-refractivity contribution is 9.11. The second-order valence-electron chi connectivity index (χ2n) is 5.35. The van der Waals surface area contributed by atoms with E-state index in [0.29, 0.717) is 19.7 Å². The fourth-order valence-electron chi connectivity index (χ4n) is 2.28. The van der Waals surface area contributed by atoms with Crippen molar-refractivity contribution in [1.29, 1.82) is 0 Å². The van der Waals surface area contributed by atoms with Gasteiger partial charge in [0.25, 0.3) is 6.47 Å². The van der Waals surface area contributed by atoms with Crippen LogP contribution in [0.4, 0.5) is 0 Å². The van der Waals surface area contributed by atoms with Crippen molar-refractivity contribution in [2.45, 2.75) is 25.4 Å².